The van der Waals surface area contributed by atoms with Crippen molar-refractivity contribution in [2.75, 3.05) is 0 Å². The minimum absolute atomic E-state index is 0.0643. The summed E-state index contributed by atoms with van der Waals surface area (Å²) in [6, 6.07) is 0. The maximum absolute atomic E-state index is 5.24. The van der Waals surface area contributed by atoms with Crippen molar-refractivity contribution in [1.82, 2.24) is 0 Å². The molecule has 0 aliphatic carbocycles. The predicted molar refractivity (Wildman–Crippen MR) is 40.5 cm³/mol. The van der Waals surface area contributed by atoms with Crippen LogP contribution in [-0.4, -0.2) is 12.4 Å². The fourth-order valence-electron chi connectivity index (χ4n) is 0.943. The van der Waals surface area contributed by atoms with Crippen LogP contribution in [0.15, 0.2) is 22.4 Å². The number of ether oxygens (including phenoxy) is 2. The zero-order valence-corrected chi connectivity index (χ0v) is 7.14. The molecule has 3 heteroatoms. The van der Waals surface area contributed by atoms with Crippen LogP contribution in [-0.2, 0) is 9.47 Å². The van der Waals surface area contributed by atoms with Crippen LogP contribution in [0.1, 0.15) is 6.92 Å². The molecule has 2 unspecified atom stereocenters. The maximum atomic E-state index is 5.24. The van der Waals surface area contributed by atoms with Crippen molar-refractivity contribution in [3.8, 4) is 0 Å². The van der Waals surface area contributed by atoms with Gasteiger partial charge in [0.25, 0.3) is 0 Å². The summed E-state index contributed by atoms with van der Waals surface area (Å²) < 4.78 is 11.5. The highest BCUT2D eigenvalue weighted by Gasteiger charge is 2.47. The molecule has 2 aliphatic heterocycles. The van der Waals surface area contributed by atoms with E-state index < -0.39 is 0 Å². The Balaban J connectivity index is 2.37. The van der Waals surface area contributed by atoms with E-state index in [1.165, 1.54) is 0 Å². The molecule has 0 radical (unpaired) electrons. The topological polar surface area (TPSA) is 21.8 Å². The first-order valence-electron chi connectivity index (χ1n) is 3.08. The summed E-state index contributed by atoms with van der Waals surface area (Å²) in [5, 5.41) is 0. The highest BCUT2D eigenvalue weighted by atomic mass is 79.9. The second kappa shape index (κ2) is 1.86. The Kier molecular flexibility index (Phi) is 1.20. The number of epoxide rings is 1. The monoisotopic (exact) mass is 202 g/mol. The Bertz CT molecular complexity index is 232. The third kappa shape index (κ3) is 0.739. The molecule has 0 aromatic carbocycles. The van der Waals surface area contributed by atoms with Gasteiger partial charge in [0.05, 0.1) is 0 Å². The van der Waals surface area contributed by atoms with Crippen molar-refractivity contribution in [2.24, 2.45) is 0 Å². The van der Waals surface area contributed by atoms with Crippen molar-refractivity contribution in [3.63, 3.8) is 0 Å². The largest absolute Gasteiger partial charge is 0.462 e. The van der Waals surface area contributed by atoms with Gasteiger partial charge >= 0.3 is 0 Å². The number of rotatable bonds is 0. The minimum atomic E-state index is -0.0643. The molecule has 54 valence electrons. The van der Waals surface area contributed by atoms with Crippen molar-refractivity contribution in [3.05, 3.63) is 22.4 Å². The summed E-state index contributed by atoms with van der Waals surface area (Å²) in [5.74, 6) is 0.714. The van der Waals surface area contributed by atoms with Crippen molar-refractivity contribution < 1.29 is 9.47 Å². The summed E-state index contributed by atoms with van der Waals surface area (Å²) in [4.78, 5) is 0. The zero-order valence-electron chi connectivity index (χ0n) is 5.56. The summed E-state index contributed by atoms with van der Waals surface area (Å²) in [6.45, 7) is 5.70. The van der Waals surface area contributed by atoms with Gasteiger partial charge in [0.1, 0.15) is 5.76 Å². The molecular weight excluding hydrogens is 196 g/mol. The lowest BCUT2D eigenvalue weighted by Crippen LogP contribution is -2.08. The van der Waals surface area contributed by atoms with E-state index in [0.29, 0.717) is 5.76 Å². The quantitative estimate of drug-likeness (QED) is 0.561. The fraction of sp³-hybridized carbons (Fsp3) is 0.429. The first-order chi connectivity index (χ1) is 4.70. The summed E-state index contributed by atoms with van der Waals surface area (Å²) in [7, 11) is 0. The second-order valence-electron chi connectivity index (χ2n) is 2.44. The number of hydrogen-bond acceptors (Lipinski definition) is 2. The molecule has 1 fully saturated rings. The highest BCUT2D eigenvalue weighted by molar-refractivity contribution is 9.11. The van der Waals surface area contributed by atoms with Gasteiger partial charge in [0.2, 0.25) is 6.29 Å². The molecule has 2 rings (SSSR count). The molecule has 0 N–H and O–H groups in total. The summed E-state index contributed by atoms with van der Waals surface area (Å²) in [5.41, 5.74) is 1.05. The van der Waals surface area contributed by atoms with E-state index in [2.05, 4.69) is 22.5 Å². The molecular formula is C7H7BrO2. The van der Waals surface area contributed by atoms with Crippen LogP contribution in [0, 0.1) is 0 Å². The standard InChI is InChI=1S/C7H7BrO2/c1-3-4(2)9-7-6(10-7)5(3)8/h6-7H,2H2,1H3. The Morgan fingerprint density at radius 2 is 2.30 bits per heavy atom. The first kappa shape index (κ1) is 6.43. The number of hydrogen-bond donors (Lipinski definition) is 0. The SMILES string of the molecule is C=C1OC2OC2C(Br)=C1C. The molecule has 2 heterocycles. The van der Waals surface area contributed by atoms with Crippen LogP contribution in [0.4, 0.5) is 0 Å². The molecule has 0 aromatic heterocycles. The van der Waals surface area contributed by atoms with Crippen LogP contribution < -0.4 is 0 Å². The Hall–Kier alpha value is -0.280. The van der Waals surface area contributed by atoms with Crippen LogP contribution in [0.2, 0.25) is 0 Å². The van der Waals surface area contributed by atoms with Gasteiger partial charge < -0.3 is 9.47 Å². The fourth-order valence-corrected chi connectivity index (χ4v) is 1.49. The second-order valence-corrected chi connectivity index (χ2v) is 3.29. The Morgan fingerprint density at radius 3 is 3.00 bits per heavy atom. The molecule has 0 bridgehead atoms. The first-order valence-corrected chi connectivity index (χ1v) is 3.87. The van der Waals surface area contributed by atoms with Crippen molar-refractivity contribution in [1.29, 1.82) is 0 Å². The van der Waals surface area contributed by atoms with Crippen LogP contribution in [0.25, 0.3) is 0 Å². The lowest BCUT2D eigenvalue weighted by molar-refractivity contribution is 0.113. The molecule has 0 saturated carbocycles. The number of allylic oxidation sites excluding steroid dienone is 1. The van der Waals surface area contributed by atoms with E-state index in [4.69, 9.17) is 9.47 Å². The average molecular weight is 203 g/mol. The molecule has 2 atom stereocenters. The van der Waals surface area contributed by atoms with Gasteiger partial charge in [-0.3, -0.25) is 0 Å². The summed E-state index contributed by atoms with van der Waals surface area (Å²) in [6.07, 6.45) is 0.0797. The molecule has 2 aliphatic rings. The van der Waals surface area contributed by atoms with Gasteiger partial charge in [-0.2, -0.15) is 0 Å². The lowest BCUT2D eigenvalue weighted by atomic mass is 10.2. The van der Waals surface area contributed by atoms with E-state index in [-0.39, 0.29) is 12.4 Å². The number of halogens is 1. The van der Waals surface area contributed by atoms with E-state index in [0.717, 1.165) is 10.1 Å². The van der Waals surface area contributed by atoms with Crippen LogP contribution >= 0.6 is 15.9 Å². The molecule has 0 amide bonds. The van der Waals surface area contributed by atoms with E-state index in [1.807, 2.05) is 6.92 Å². The van der Waals surface area contributed by atoms with Gasteiger partial charge in [-0.1, -0.05) is 22.5 Å². The van der Waals surface area contributed by atoms with Gasteiger partial charge in [0.15, 0.2) is 6.10 Å². The smallest absolute Gasteiger partial charge is 0.232 e. The Labute approximate surface area is 67.6 Å². The zero-order chi connectivity index (χ0) is 7.30. The van der Waals surface area contributed by atoms with Gasteiger partial charge in [-0.25, -0.2) is 0 Å². The lowest BCUT2D eigenvalue weighted by Gasteiger charge is -2.12. The third-order valence-electron chi connectivity index (χ3n) is 1.74. The average Bonchev–Trinajstić information content (AvgIpc) is 2.62. The normalized spacial score (nSPS) is 37.2. The molecule has 0 spiro atoms. The molecule has 2 nitrogen and oxygen atoms in total. The van der Waals surface area contributed by atoms with Crippen molar-refractivity contribution >= 4 is 15.9 Å². The van der Waals surface area contributed by atoms with Gasteiger partial charge in [-0.15, -0.1) is 0 Å². The van der Waals surface area contributed by atoms with E-state index in [1.54, 1.807) is 0 Å². The van der Waals surface area contributed by atoms with Gasteiger partial charge in [0, 0.05) is 10.1 Å². The van der Waals surface area contributed by atoms with Crippen LogP contribution in [0.5, 0.6) is 0 Å². The molecule has 1 saturated heterocycles. The molecule has 0 aromatic rings. The minimum Gasteiger partial charge on any atom is -0.462 e. The highest BCUT2D eigenvalue weighted by Crippen LogP contribution is 2.42. The van der Waals surface area contributed by atoms with Crippen LogP contribution in [0.3, 0.4) is 0 Å². The Morgan fingerprint density at radius 1 is 1.60 bits per heavy atom. The van der Waals surface area contributed by atoms with E-state index >= 15 is 0 Å². The predicted octanol–water partition coefficient (Wildman–Crippen LogP) is 1.92. The number of fused-ring (bicyclic) bond motifs is 1. The van der Waals surface area contributed by atoms with E-state index in [9.17, 15) is 0 Å². The third-order valence-corrected chi connectivity index (χ3v) is 2.78. The molecule has 10 heavy (non-hydrogen) atoms. The van der Waals surface area contributed by atoms with Crippen molar-refractivity contribution in [2.45, 2.75) is 19.3 Å². The maximum Gasteiger partial charge on any atom is 0.232 e. The van der Waals surface area contributed by atoms with Gasteiger partial charge in [-0.05, 0) is 6.92 Å². The summed E-state index contributed by atoms with van der Waals surface area (Å²) >= 11 is 3.41.